The first-order chi connectivity index (χ1) is 13.3. The Labute approximate surface area is 165 Å². The Hall–Kier alpha value is -2.54. The number of benzene rings is 1. The molecule has 1 amide bonds. The maximum atomic E-state index is 13.2. The fraction of sp³-hybridized carbons (Fsp3) is 0.300. The van der Waals surface area contributed by atoms with Crippen LogP contribution in [0.4, 0.5) is 13.2 Å². The number of nitrogens with zero attached hydrogens (tertiary/aromatic N) is 3. The number of fused-ring (bicyclic) bond motifs is 1. The van der Waals surface area contributed by atoms with Crippen LogP contribution in [-0.4, -0.2) is 26.7 Å². The molecule has 3 rings (SSSR count). The zero-order chi connectivity index (χ0) is 20.5. The molecule has 2 heterocycles. The van der Waals surface area contributed by atoms with E-state index < -0.39 is 11.7 Å². The Balaban J connectivity index is 2.11. The van der Waals surface area contributed by atoms with Gasteiger partial charge in [-0.05, 0) is 25.0 Å². The topological polar surface area (TPSA) is 37.6 Å². The number of halogens is 4. The highest BCUT2D eigenvalue weighted by Gasteiger charge is 2.33. The number of carbonyl (C=O) groups is 1. The first-order valence-electron chi connectivity index (χ1n) is 8.87. The van der Waals surface area contributed by atoms with Crippen LogP contribution in [0.25, 0.3) is 5.65 Å². The number of amides is 1. The van der Waals surface area contributed by atoms with Crippen molar-refractivity contribution < 1.29 is 18.0 Å². The van der Waals surface area contributed by atoms with Crippen molar-refractivity contribution in [3.05, 3.63) is 70.1 Å². The quantitative estimate of drug-likeness (QED) is 0.578. The van der Waals surface area contributed by atoms with Gasteiger partial charge in [-0.2, -0.15) is 13.2 Å². The van der Waals surface area contributed by atoms with E-state index in [9.17, 15) is 18.0 Å². The van der Waals surface area contributed by atoms with Crippen molar-refractivity contribution in [2.24, 2.45) is 0 Å². The van der Waals surface area contributed by atoms with Gasteiger partial charge in [0, 0.05) is 19.3 Å². The highest BCUT2D eigenvalue weighted by atomic mass is 35.5. The van der Waals surface area contributed by atoms with Crippen LogP contribution in [0.1, 0.15) is 41.2 Å². The van der Waals surface area contributed by atoms with E-state index in [0.29, 0.717) is 25.2 Å². The van der Waals surface area contributed by atoms with Crippen molar-refractivity contribution in [3.8, 4) is 0 Å². The van der Waals surface area contributed by atoms with Crippen LogP contribution in [0.3, 0.4) is 0 Å². The summed E-state index contributed by atoms with van der Waals surface area (Å²) in [5, 5.41) is -0.144. The second-order valence-electron chi connectivity index (χ2n) is 6.33. The number of hydrogen-bond acceptors (Lipinski definition) is 2. The molecule has 0 spiro atoms. The molecular weight excluding hydrogens is 391 g/mol. The number of aryl methyl sites for hydroxylation is 1. The summed E-state index contributed by atoms with van der Waals surface area (Å²) >= 11 is 6.05. The molecule has 0 unspecified atom stereocenters. The van der Waals surface area contributed by atoms with Crippen LogP contribution in [0, 0.1) is 0 Å². The average Bonchev–Trinajstić information content (AvgIpc) is 3.05. The molecule has 0 aliphatic heterocycles. The number of carbonyl (C=O) groups excluding carboxylic acids is 1. The summed E-state index contributed by atoms with van der Waals surface area (Å²) in [6.07, 6.45) is -3.30. The van der Waals surface area contributed by atoms with E-state index in [4.69, 9.17) is 11.6 Å². The molecule has 0 saturated carbocycles. The predicted octanol–water partition coefficient (Wildman–Crippen LogP) is 5.23. The molecule has 0 fully saturated rings. The summed E-state index contributed by atoms with van der Waals surface area (Å²) in [7, 11) is 0. The smallest absolute Gasteiger partial charge is 0.333 e. The monoisotopic (exact) mass is 409 g/mol. The molecule has 148 valence electrons. The largest absolute Gasteiger partial charge is 0.417 e. The van der Waals surface area contributed by atoms with E-state index in [-0.39, 0.29) is 22.3 Å². The predicted molar refractivity (Wildman–Crippen MR) is 101 cm³/mol. The number of rotatable bonds is 5. The molecule has 0 radical (unpaired) electrons. The maximum absolute atomic E-state index is 13.2. The second kappa shape index (κ2) is 7.83. The fourth-order valence-electron chi connectivity index (χ4n) is 3.06. The lowest BCUT2D eigenvalue weighted by Crippen LogP contribution is -2.32. The molecule has 0 bridgehead atoms. The third-order valence-corrected chi connectivity index (χ3v) is 4.78. The minimum absolute atomic E-state index is 0.114. The van der Waals surface area contributed by atoms with E-state index in [1.54, 1.807) is 11.8 Å². The lowest BCUT2D eigenvalue weighted by atomic mass is 10.2. The third-order valence-electron chi connectivity index (χ3n) is 4.50. The van der Waals surface area contributed by atoms with Crippen molar-refractivity contribution in [2.75, 3.05) is 6.54 Å². The summed E-state index contributed by atoms with van der Waals surface area (Å²) in [5.74, 6) is -0.383. The Kier molecular flexibility index (Phi) is 5.65. The van der Waals surface area contributed by atoms with Crippen LogP contribution in [0.15, 0.2) is 42.6 Å². The molecule has 0 saturated heterocycles. The van der Waals surface area contributed by atoms with Gasteiger partial charge < -0.3 is 4.90 Å². The van der Waals surface area contributed by atoms with Gasteiger partial charge in [0.1, 0.15) is 5.69 Å². The van der Waals surface area contributed by atoms with E-state index >= 15 is 0 Å². The van der Waals surface area contributed by atoms with Crippen LogP contribution < -0.4 is 0 Å². The number of hydrogen-bond donors (Lipinski definition) is 0. The molecule has 0 aliphatic rings. The summed E-state index contributed by atoms with van der Waals surface area (Å²) < 4.78 is 40.9. The molecule has 28 heavy (non-hydrogen) atoms. The SMILES string of the molecule is CCc1nc2c(Cl)cc(C(F)(F)F)cn2c1C(=O)N(CC)Cc1ccccc1. The minimum atomic E-state index is -4.58. The summed E-state index contributed by atoms with van der Waals surface area (Å²) in [6, 6.07) is 10.2. The Morgan fingerprint density at radius 1 is 1.21 bits per heavy atom. The molecule has 0 atom stereocenters. The van der Waals surface area contributed by atoms with Crippen molar-refractivity contribution >= 4 is 23.2 Å². The number of alkyl halides is 3. The molecule has 2 aromatic heterocycles. The number of aromatic nitrogens is 2. The van der Waals surface area contributed by atoms with Crippen LogP contribution in [-0.2, 0) is 19.1 Å². The first-order valence-corrected chi connectivity index (χ1v) is 9.24. The highest BCUT2D eigenvalue weighted by molar-refractivity contribution is 6.33. The molecule has 8 heteroatoms. The molecule has 3 aromatic rings. The highest BCUT2D eigenvalue weighted by Crippen LogP contribution is 2.33. The van der Waals surface area contributed by atoms with Gasteiger partial charge in [-0.3, -0.25) is 9.20 Å². The van der Waals surface area contributed by atoms with E-state index in [2.05, 4.69) is 4.98 Å². The molecule has 0 N–H and O–H groups in total. The Bertz CT molecular complexity index is 999. The van der Waals surface area contributed by atoms with Crippen molar-refractivity contribution in [1.82, 2.24) is 14.3 Å². The zero-order valence-corrected chi connectivity index (χ0v) is 16.2. The lowest BCUT2D eigenvalue weighted by Gasteiger charge is -2.21. The van der Waals surface area contributed by atoms with Crippen LogP contribution in [0.5, 0.6) is 0 Å². The number of imidazole rings is 1. The van der Waals surface area contributed by atoms with Gasteiger partial charge in [0.25, 0.3) is 5.91 Å². The second-order valence-corrected chi connectivity index (χ2v) is 6.74. The van der Waals surface area contributed by atoms with Crippen molar-refractivity contribution in [1.29, 1.82) is 0 Å². The van der Waals surface area contributed by atoms with Gasteiger partial charge in [-0.1, -0.05) is 48.9 Å². The van der Waals surface area contributed by atoms with Gasteiger partial charge in [-0.25, -0.2) is 4.98 Å². The van der Waals surface area contributed by atoms with Crippen LogP contribution >= 0.6 is 11.6 Å². The van der Waals surface area contributed by atoms with E-state index in [1.165, 1.54) is 4.40 Å². The molecule has 4 nitrogen and oxygen atoms in total. The zero-order valence-electron chi connectivity index (χ0n) is 15.4. The first kappa shape index (κ1) is 20.2. The average molecular weight is 410 g/mol. The Morgan fingerprint density at radius 2 is 1.89 bits per heavy atom. The summed E-state index contributed by atoms with van der Waals surface area (Å²) in [6.45, 7) is 4.37. The molecule has 0 aliphatic carbocycles. The number of pyridine rings is 1. The minimum Gasteiger partial charge on any atom is -0.333 e. The van der Waals surface area contributed by atoms with Gasteiger partial charge in [-0.15, -0.1) is 0 Å². The third kappa shape index (κ3) is 3.85. The van der Waals surface area contributed by atoms with Gasteiger partial charge in [0.2, 0.25) is 0 Å². The van der Waals surface area contributed by atoms with Gasteiger partial charge >= 0.3 is 6.18 Å². The normalized spacial score (nSPS) is 11.8. The summed E-state index contributed by atoms with van der Waals surface area (Å²) in [5.41, 5.74) is 0.676. The van der Waals surface area contributed by atoms with Gasteiger partial charge in [0.15, 0.2) is 5.65 Å². The van der Waals surface area contributed by atoms with E-state index in [1.807, 2.05) is 37.3 Å². The van der Waals surface area contributed by atoms with Crippen LogP contribution in [0.2, 0.25) is 5.02 Å². The maximum Gasteiger partial charge on any atom is 0.417 e. The van der Waals surface area contributed by atoms with E-state index in [0.717, 1.165) is 17.8 Å². The van der Waals surface area contributed by atoms with Crippen molar-refractivity contribution in [2.45, 2.75) is 33.0 Å². The fourth-order valence-corrected chi connectivity index (χ4v) is 3.31. The van der Waals surface area contributed by atoms with Gasteiger partial charge in [0.05, 0.1) is 16.3 Å². The lowest BCUT2D eigenvalue weighted by molar-refractivity contribution is -0.137. The Morgan fingerprint density at radius 3 is 2.46 bits per heavy atom. The van der Waals surface area contributed by atoms with Crippen molar-refractivity contribution in [3.63, 3.8) is 0 Å². The molecular formula is C20H19ClF3N3O. The standard InChI is InChI=1S/C20H19ClF3N3O/c1-3-16-17(19(28)26(4-2)11-13-8-6-5-7-9-13)27-12-14(20(22,23)24)10-15(21)18(27)25-16/h5-10,12H,3-4,11H2,1-2H3. The summed E-state index contributed by atoms with van der Waals surface area (Å²) in [4.78, 5) is 19.1. The molecule has 1 aromatic carbocycles.